The number of nitrogens with two attached hydrogens (primary N) is 1. The molecule has 2 rings (SSSR count). The van der Waals surface area contributed by atoms with E-state index >= 15 is 0 Å². The molecule has 21 heavy (non-hydrogen) atoms. The van der Waals surface area contributed by atoms with E-state index in [-0.39, 0.29) is 5.16 Å². The first-order chi connectivity index (χ1) is 9.55. The molecule has 0 fully saturated rings. The van der Waals surface area contributed by atoms with Crippen LogP contribution >= 0.6 is 0 Å². The second kappa shape index (κ2) is 4.92. The van der Waals surface area contributed by atoms with Gasteiger partial charge in [0.25, 0.3) is 15.2 Å². The highest BCUT2D eigenvalue weighted by atomic mass is 32.2. The third-order valence-electron chi connectivity index (χ3n) is 3.04. The normalized spacial score (nSPS) is 12.9. The molecule has 0 aromatic carbocycles. The Hall–Kier alpha value is -1.74. The second-order valence-corrected chi connectivity index (χ2v) is 7.33. The second-order valence-electron chi connectivity index (χ2n) is 5.87. The molecule has 0 aliphatic carbocycles. The van der Waals surface area contributed by atoms with Gasteiger partial charge in [-0.3, -0.25) is 9.25 Å². The Morgan fingerprint density at radius 2 is 1.90 bits per heavy atom. The molecule has 2 aromatic heterocycles. The molecule has 9 heteroatoms. The molecule has 0 spiro atoms. The van der Waals surface area contributed by atoms with Crippen molar-refractivity contribution in [2.75, 3.05) is 0 Å². The Labute approximate surface area is 124 Å². The van der Waals surface area contributed by atoms with Crippen LogP contribution in [0.5, 0.6) is 0 Å². The van der Waals surface area contributed by atoms with Crippen LogP contribution in [0.25, 0.3) is 11.4 Å². The number of aryl methyl sites for hydroxylation is 2. The molecule has 0 aliphatic rings. The van der Waals surface area contributed by atoms with Gasteiger partial charge in [0.05, 0.1) is 11.3 Å². The molecule has 0 unspecified atom stereocenters. The van der Waals surface area contributed by atoms with Gasteiger partial charge in [0, 0.05) is 18.8 Å². The van der Waals surface area contributed by atoms with Gasteiger partial charge >= 0.3 is 0 Å². The van der Waals surface area contributed by atoms with Crippen molar-refractivity contribution < 1.29 is 8.42 Å². The van der Waals surface area contributed by atoms with Crippen molar-refractivity contribution in [1.29, 1.82) is 0 Å². The minimum Gasteiger partial charge on any atom is -0.291 e. The molecule has 0 bridgehead atoms. The third-order valence-corrected chi connectivity index (χ3v) is 3.81. The number of sulfonamides is 1. The van der Waals surface area contributed by atoms with E-state index in [1.807, 2.05) is 27.7 Å². The molecular weight excluding hydrogens is 292 g/mol. The van der Waals surface area contributed by atoms with Gasteiger partial charge in [-0.05, 0) is 27.2 Å². The predicted octanol–water partition coefficient (Wildman–Crippen LogP) is 0.643. The summed E-state index contributed by atoms with van der Waals surface area (Å²) in [4.78, 5) is 0. The van der Waals surface area contributed by atoms with Crippen LogP contribution in [0.2, 0.25) is 0 Å². The van der Waals surface area contributed by atoms with Crippen LogP contribution in [0.15, 0.2) is 11.4 Å². The van der Waals surface area contributed by atoms with Crippen LogP contribution in [-0.2, 0) is 29.0 Å². The molecule has 2 aromatic rings. The summed E-state index contributed by atoms with van der Waals surface area (Å²) in [6, 6.07) is 0. The van der Waals surface area contributed by atoms with E-state index in [2.05, 4.69) is 15.3 Å². The highest BCUT2D eigenvalue weighted by molar-refractivity contribution is 7.89. The number of primary sulfonamides is 1. The summed E-state index contributed by atoms with van der Waals surface area (Å²) in [7, 11) is -2.15. The summed E-state index contributed by atoms with van der Waals surface area (Å²) in [5.74, 6) is 0.455. The lowest BCUT2D eigenvalue weighted by Gasteiger charge is -2.24. The van der Waals surface area contributed by atoms with E-state index in [4.69, 9.17) is 5.14 Å². The predicted molar refractivity (Wildman–Crippen MR) is 78.0 cm³/mol. The summed E-state index contributed by atoms with van der Waals surface area (Å²) < 4.78 is 26.7. The Morgan fingerprint density at radius 1 is 1.29 bits per heavy atom. The number of nitrogens with zero attached hydrogens (tertiary/aromatic N) is 5. The van der Waals surface area contributed by atoms with Gasteiger partial charge in [-0.1, -0.05) is 6.92 Å². The first-order valence-electron chi connectivity index (χ1n) is 6.57. The van der Waals surface area contributed by atoms with Crippen molar-refractivity contribution in [2.45, 2.75) is 44.8 Å². The van der Waals surface area contributed by atoms with Gasteiger partial charge in [-0.15, -0.1) is 10.2 Å². The summed E-state index contributed by atoms with van der Waals surface area (Å²) >= 11 is 0. The lowest BCUT2D eigenvalue weighted by atomic mass is 10.1. The Morgan fingerprint density at radius 3 is 2.38 bits per heavy atom. The van der Waals surface area contributed by atoms with Crippen LogP contribution < -0.4 is 5.14 Å². The van der Waals surface area contributed by atoms with Crippen molar-refractivity contribution >= 4 is 10.0 Å². The van der Waals surface area contributed by atoms with Crippen LogP contribution in [0.3, 0.4) is 0 Å². The molecule has 0 radical (unpaired) electrons. The molecule has 0 aliphatic heterocycles. The molecule has 116 valence electrons. The number of hydrogen-bond donors (Lipinski definition) is 1. The minimum atomic E-state index is -3.95. The highest BCUT2D eigenvalue weighted by Crippen LogP contribution is 2.29. The van der Waals surface area contributed by atoms with E-state index < -0.39 is 15.6 Å². The van der Waals surface area contributed by atoms with Crippen molar-refractivity contribution in [3.63, 3.8) is 0 Å². The quantitative estimate of drug-likeness (QED) is 0.894. The Kier molecular flexibility index (Phi) is 3.66. The summed E-state index contributed by atoms with van der Waals surface area (Å²) in [6.45, 7) is 7.59. The molecule has 0 atom stereocenters. The first-order valence-corrected chi connectivity index (χ1v) is 8.12. The largest absolute Gasteiger partial charge is 0.291 e. The van der Waals surface area contributed by atoms with Gasteiger partial charge in [-0.2, -0.15) is 5.10 Å². The fraction of sp³-hybridized carbons (Fsp3) is 0.583. The minimum absolute atomic E-state index is 0.240. The maximum absolute atomic E-state index is 11.7. The average Bonchev–Trinajstić information content (AvgIpc) is 2.89. The molecule has 0 saturated carbocycles. The molecular formula is C12H20N6O2S. The van der Waals surface area contributed by atoms with Crippen molar-refractivity contribution in [1.82, 2.24) is 24.5 Å². The Balaban J connectivity index is 2.79. The summed E-state index contributed by atoms with van der Waals surface area (Å²) in [5, 5.41) is 17.2. The molecule has 8 nitrogen and oxygen atoms in total. The topological polar surface area (TPSA) is 109 Å². The van der Waals surface area contributed by atoms with Crippen LogP contribution in [0.1, 0.15) is 33.4 Å². The van der Waals surface area contributed by atoms with E-state index in [0.717, 1.165) is 11.3 Å². The number of aromatic nitrogens is 5. The molecule has 0 amide bonds. The van der Waals surface area contributed by atoms with Crippen molar-refractivity contribution in [3.05, 3.63) is 11.9 Å². The van der Waals surface area contributed by atoms with Gasteiger partial charge in [0.1, 0.15) is 0 Å². The summed E-state index contributed by atoms with van der Waals surface area (Å²) in [6.07, 6.45) is 2.51. The van der Waals surface area contributed by atoms with Gasteiger partial charge in [-0.25, -0.2) is 13.6 Å². The van der Waals surface area contributed by atoms with Gasteiger partial charge in [0.2, 0.25) is 0 Å². The molecule has 2 N–H and O–H groups in total. The Bertz CT molecular complexity index is 766. The van der Waals surface area contributed by atoms with E-state index in [9.17, 15) is 8.42 Å². The van der Waals surface area contributed by atoms with Crippen LogP contribution in [0, 0.1) is 0 Å². The van der Waals surface area contributed by atoms with Gasteiger partial charge in [0.15, 0.2) is 5.82 Å². The molecule has 0 saturated heterocycles. The maximum Gasteiger partial charge on any atom is 0.273 e. The maximum atomic E-state index is 11.7. The number of hydrogen-bond acceptors (Lipinski definition) is 5. The van der Waals surface area contributed by atoms with Gasteiger partial charge < -0.3 is 0 Å². The van der Waals surface area contributed by atoms with Crippen LogP contribution in [-0.4, -0.2) is 33.0 Å². The molecule has 2 heterocycles. The average molecular weight is 312 g/mol. The lowest BCUT2D eigenvalue weighted by molar-refractivity contribution is 0.366. The van der Waals surface area contributed by atoms with Crippen LogP contribution in [0.4, 0.5) is 0 Å². The SMILES string of the molecule is CCc1nn(C)cc1-c1nnc(S(N)(=O)=O)n1C(C)(C)C. The summed E-state index contributed by atoms with van der Waals surface area (Å²) in [5.41, 5.74) is 1.05. The fourth-order valence-corrected chi connectivity index (χ4v) is 2.99. The van der Waals surface area contributed by atoms with E-state index in [0.29, 0.717) is 12.2 Å². The monoisotopic (exact) mass is 312 g/mol. The highest BCUT2D eigenvalue weighted by Gasteiger charge is 2.30. The van der Waals surface area contributed by atoms with E-state index in [1.54, 1.807) is 22.5 Å². The third kappa shape index (κ3) is 2.84. The van der Waals surface area contributed by atoms with E-state index in [1.165, 1.54) is 0 Å². The fourth-order valence-electron chi connectivity index (χ4n) is 2.22. The first kappa shape index (κ1) is 15.6. The zero-order valence-electron chi connectivity index (χ0n) is 12.8. The zero-order chi connectivity index (χ0) is 16.0. The zero-order valence-corrected chi connectivity index (χ0v) is 13.6. The van der Waals surface area contributed by atoms with Crippen molar-refractivity contribution in [2.24, 2.45) is 12.2 Å². The lowest BCUT2D eigenvalue weighted by Crippen LogP contribution is -2.29. The van der Waals surface area contributed by atoms with Crippen molar-refractivity contribution in [3.8, 4) is 11.4 Å². The smallest absolute Gasteiger partial charge is 0.273 e. The standard InChI is InChI=1S/C12H20N6O2S/c1-6-9-8(7-17(5)16-9)10-14-15-11(21(13,19)20)18(10)12(2,3)4/h7H,6H2,1-5H3,(H2,13,19,20). The number of rotatable bonds is 3.